The number of rotatable bonds is 0. The van der Waals surface area contributed by atoms with Crippen LogP contribution in [0.3, 0.4) is 0 Å². The van der Waals surface area contributed by atoms with Crippen molar-refractivity contribution in [3.8, 4) is 5.75 Å². The number of hydrogen-bond acceptors (Lipinski definition) is 1. The molecule has 4 rings (SSSR count). The highest BCUT2D eigenvalue weighted by molar-refractivity contribution is 6.29. The lowest BCUT2D eigenvalue weighted by Crippen LogP contribution is -2.31. The Labute approximate surface area is 123 Å². The van der Waals surface area contributed by atoms with Gasteiger partial charge in [-0.2, -0.15) is 0 Å². The molecule has 0 amide bonds. The molecule has 2 aliphatic rings. The lowest BCUT2D eigenvalue weighted by Gasteiger charge is -2.39. The summed E-state index contributed by atoms with van der Waals surface area (Å²) < 4.78 is 6.15. The van der Waals surface area contributed by atoms with Crippen molar-refractivity contribution in [3.63, 3.8) is 0 Å². The predicted molar refractivity (Wildman–Crippen MR) is 83.0 cm³/mol. The maximum Gasteiger partial charge on any atom is 0.130 e. The van der Waals surface area contributed by atoms with E-state index in [2.05, 4.69) is 43.3 Å². The first-order chi connectivity index (χ1) is 9.66. The molecular formula is C18H15ClO. The summed E-state index contributed by atoms with van der Waals surface area (Å²) in [5, 5.41) is 3.46. The van der Waals surface area contributed by atoms with Crippen molar-refractivity contribution in [2.24, 2.45) is 5.41 Å². The van der Waals surface area contributed by atoms with Crippen molar-refractivity contribution in [1.29, 1.82) is 0 Å². The first-order valence-electron chi connectivity index (χ1n) is 6.91. The van der Waals surface area contributed by atoms with Crippen molar-refractivity contribution < 1.29 is 4.74 Å². The number of hydrogen-bond donors (Lipinski definition) is 0. The van der Waals surface area contributed by atoms with E-state index in [0.717, 1.165) is 29.4 Å². The molecule has 0 aromatic heterocycles. The van der Waals surface area contributed by atoms with Crippen LogP contribution in [0.25, 0.3) is 10.8 Å². The highest BCUT2D eigenvalue weighted by atomic mass is 35.5. The van der Waals surface area contributed by atoms with E-state index >= 15 is 0 Å². The summed E-state index contributed by atoms with van der Waals surface area (Å²) in [4.78, 5) is 0. The zero-order valence-electron chi connectivity index (χ0n) is 11.3. The monoisotopic (exact) mass is 282 g/mol. The largest absolute Gasteiger partial charge is 0.461 e. The molecule has 1 heterocycles. The van der Waals surface area contributed by atoms with Gasteiger partial charge in [-0.1, -0.05) is 48.9 Å². The third kappa shape index (κ3) is 1.70. The second kappa shape index (κ2) is 4.13. The molecule has 2 heteroatoms. The van der Waals surface area contributed by atoms with Crippen molar-refractivity contribution in [2.75, 3.05) is 0 Å². The van der Waals surface area contributed by atoms with E-state index in [9.17, 15) is 0 Å². The van der Waals surface area contributed by atoms with E-state index in [1.165, 1.54) is 16.3 Å². The molecule has 1 unspecified atom stereocenters. The Bertz CT molecular complexity index is 772. The van der Waals surface area contributed by atoms with Gasteiger partial charge in [-0.25, -0.2) is 0 Å². The Balaban J connectivity index is 1.92. The molecule has 20 heavy (non-hydrogen) atoms. The molecule has 0 bridgehead atoms. The van der Waals surface area contributed by atoms with Gasteiger partial charge in [0, 0.05) is 16.0 Å². The molecule has 1 aliphatic heterocycles. The van der Waals surface area contributed by atoms with E-state index < -0.39 is 0 Å². The van der Waals surface area contributed by atoms with Crippen LogP contribution in [0.15, 0.2) is 59.3 Å². The van der Waals surface area contributed by atoms with Crippen LogP contribution < -0.4 is 4.74 Å². The molecule has 100 valence electrons. The summed E-state index contributed by atoms with van der Waals surface area (Å²) in [5.41, 5.74) is 1.28. The third-order valence-electron chi connectivity index (χ3n) is 4.35. The average Bonchev–Trinajstić information content (AvgIpc) is 2.44. The molecule has 1 aliphatic carbocycles. The molecule has 1 nitrogen and oxygen atoms in total. The summed E-state index contributed by atoms with van der Waals surface area (Å²) in [6, 6.07) is 12.7. The van der Waals surface area contributed by atoms with Crippen LogP contribution >= 0.6 is 11.6 Å². The zero-order chi connectivity index (χ0) is 13.7. The fourth-order valence-corrected chi connectivity index (χ4v) is 3.65. The molecule has 0 saturated heterocycles. The highest BCUT2D eigenvalue weighted by Crippen LogP contribution is 2.49. The standard InChI is InChI=1S/C18H15ClO/c1-18-10-13(19)7-9-17(18)20-16-8-6-12-4-2-3-5-14(12)15(16)11-18/h2-9H,10-11H2,1H3. The fraction of sp³-hybridized carbons (Fsp3) is 0.222. The number of benzene rings is 2. The molecule has 0 N–H and O–H groups in total. The van der Waals surface area contributed by atoms with E-state index in [0.29, 0.717) is 0 Å². The molecule has 1 atom stereocenters. The molecule has 2 aromatic rings. The van der Waals surface area contributed by atoms with Gasteiger partial charge in [-0.05, 0) is 41.8 Å². The minimum Gasteiger partial charge on any atom is -0.461 e. The minimum atomic E-state index is -0.0248. The van der Waals surface area contributed by atoms with Gasteiger partial charge >= 0.3 is 0 Å². The van der Waals surface area contributed by atoms with Crippen molar-refractivity contribution in [1.82, 2.24) is 0 Å². The van der Waals surface area contributed by atoms with Gasteiger partial charge in [-0.3, -0.25) is 0 Å². The third-order valence-corrected chi connectivity index (χ3v) is 4.61. The van der Waals surface area contributed by atoms with Gasteiger partial charge < -0.3 is 4.74 Å². The van der Waals surface area contributed by atoms with Gasteiger partial charge in [0.05, 0.1) is 0 Å². The van der Waals surface area contributed by atoms with Gasteiger partial charge in [0.2, 0.25) is 0 Å². The summed E-state index contributed by atoms with van der Waals surface area (Å²) in [6.07, 6.45) is 5.79. The molecule has 0 spiro atoms. The van der Waals surface area contributed by atoms with Gasteiger partial charge in [0.25, 0.3) is 0 Å². The first kappa shape index (κ1) is 12.0. The van der Waals surface area contributed by atoms with Crippen LogP contribution in [-0.4, -0.2) is 0 Å². The van der Waals surface area contributed by atoms with Crippen LogP contribution in [0.5, 0.6) is 5.75 Å². The van der Waals surface area contributed by atoms with Crippen molar-refractivity contribution in [2.45, 2.75) is 19.8 Å². The van der Waals surface area contributed by atoms with Crippen molar-refractivity contribution >= 4 is 22.4 Å². The smallest absolute Gasteiger partial charge is 0.130 e. The van der Waals surface area contributed by atoms with E-state index in [1.54, 1.807) is 0 Å². The predicted octanol–water partition coefficient (Wildman–Crippen LogP) is 5.19. The molecular weight excluding hydrogens is 268 g/mol. The Morgan fingerprint density at radius 1 is 1.05 bits per heavy atom. The van der Waals surface area contributed by atoms with Gasteiger partial charge in [0.15, 0.2) is 0 Å². The van der Waals surface area contributed by atoms with Gasteiger partial charge in [-0.15, -0.1) is 0 Å². The normalized spacial score (nSPS) is 24.3. The highest BCUT2D eigenvalue weighted by Gasteiger charge is 2.39. The van der Waals surface area contributed by atoms with Crippen molar-refractivity contribution in [3.05, 3.63) is 64.9 Å². The second-order valence-electron chi connectivity index (χ2n) is 5.92. The number of halogens is 1. The van der Waals surface area contributed by atoms with Gasteiger partial charge in [0.1, 0.15) is 11.5 Å². The first-order valence-corrected chi connectivity index (χ1v) is 7.29. The van der Waals surface area contributed by atoms with Crippen LogP contribution in [-0.2, 0) is 6.42 Å². The molecule has 0 radical (unpaired) electrons. The summed E-state index contributed by atoms with van der Waals surface area (Å²) in [5.74, 6) is 2.02. The lowest BCUT2D eigenvalue weighted by molar-refractivity contribution is 0.222. The Kier molecular flexibility index (Phi) is 2.49. The van der Waals surface area contributed by atoms with Crippen LogP contribution in [0.4, 0.5) is 0 Å². The topological polar surface area (TPSA) is 9.23 Å². The fourth-order valence-electron chi connectivity index (χ4n) is 3.30. The molecule has 0 saturated carbocycles. The SMILES string of the molecule is CC12CC(Cl)=CC=C1Oc1ccc3ccccc3c1C2. The molecule has 2 aromatic carbocycles. The molecule has 0 fully saturated rings. The number of ether oxygens (including phenoxy) is 1. The Hall–Kier alpha value is -1.73. The second-order valence-corrected chi connectivity index (χ2v) is 6.41. The Morgan fingerprint density at radius 3 is 2.80 bits per heavy atom. The van der Waals surface area contributed by atoms with E-state index in [1.807, 2.05) is 12.2 Å². The summed E-state index contributed by atoms with van der Waals surface area (Å²) >= 11 is 6.23. The average molecular weight is 283 g/mol. The van der Waals surface area contributed by atoms with E-state index in [-0.39, 0.29) is 5.41 Å². The Morgan fingerprint density at radius 2 is 1.90 bits per heavy atom. The minimum absolute atomic E-state index is 0.0248. The van der Waals surface area contributed by atoms with E-state index in [4.69, 9.17) is 16.3 Å². The van der Waals surface area contributed by atoms with Crippen LogP contribution in [0.2, 0.25) is 0 Å². The maximum absolute atomic E-state index is 6.23. The lowest BCUT2D eigenvalue weighted by atomic mass is 9.74. The maximum atomic E-state index is 6.23. The van der Waals surface area contributed by atoms with Crippen LogP contribution in [0, 0.1) is 5.41 Å². The zero-order valence-corrected chi connectivity index (χ0v) is 12.1. The van der Waals surface area contributed by atoms with Crippen LogP contribution in [0.1, 0.15) is 18.9 Å². The number of fused-ring (bicyclic) bond motifs is 4. The quantitative estimate of drug-likeness (QED) is 0.646. The summed E-state index contributed by atoms with van der Waals surface area (Å²) in [6.45, 7) is 2.24. The summed E-state index contributed by atoms with van der Waals surface area (Å²) in [7, 11) is 0. The number of allylic oxidation sites excluding steroid dienone is 4.